The number of rotatable bonds is 4. The Morgan fingerprint density at radius 2 is 1.88 bits per heavy atom. The quantitative estimate of drug-likeness (QED) is 0.417. The van der Waals surface area contributed by atoms with E-state index >= 15 is 0 Å². The SMILES string of the molecule is C[C@]12C=CC(=O)C=C1CC[C@@H]1[C@@H]2C(O)C[C@@]2(C)[C@H]1CC[C@]2(OC(=O)c1ccccc1)C(=O)C=O. The molecular formula is C28H30O6. The topological polar surface area (TPSA) is 97.7 Å². The molecule has 5 rings (SSSR count). The van der Waals surface area contributed by atoms with Crippen molar-refractivity contribution in [2.75, 3.05) is 0 Å². The highest BCUT2D eigenvalue weighted by Gasteiger charge is 2.70. The van der Waals surface area contributed by atoms with Crippen LogP contribution < -0.4 is 0 Å². The molecule has 3 saturated carbocycles. The van der Waals surface area contributed by atoms with E-state index in [-0.39, 0.29) is 42.7 Å². The third kappa shape index (κ3) is 3.04. The Balaban J connectivity index is 1.54. The molecule has 0 heterocycles. The number of ketones is 2. The second-order valence-corrected chi connectivity index (χ2v) is 10.8. The molecule has 1 N–H and O–H groups in total. The molecule has 178 valence electrons. The van der Waals surface area contributed by atoms with Gasteiger partial charge in [-0.2, -0.15) is 0 Å². The number of hydrogen-bond donors (Lipinski definition) is 1. The zero-order valence-corrected chi connectivity index (χ0v) is 19.5. The summed E-state index contributed by atoms with van der Waals surface area (Å²) >= 11 is 0. The van der Waals surface area contributed by atoms with Crippen LogP contribution in [0.15, 0.2) is 54.1 Å². The van der Waals surface area contributed by atoms with Gasteiger partial charge in [0.25, 0.3) is 0 Å². The molecular weight excluding hydrogens is 432 g/mol. The molecule has 6 nitrogen and oxygen atoms in total. The van der Waals surface area contributed by atoms with Gasteiger partial charge in [-0.3, -0.25) is 14.4 Å². The Morgan fingerprint density at radius 3 is 2.59 bits per heavy atom. The Morgan fingerprint density at radius 1 is 1.15 bits per heavy atom. The van der Waals surface area contributed by atoms with Gasteiger partial charge in [0.1, 0.15) is 0 Å². The molecule has 0 spiro atoms. The number of aliphatic hydroxyl groups excluding tert-OH is 1. The summed E-state index contributed by atoms with van der Waals surface area (Å²) in [5.74, 6) is -1.43. The van der Waals surface area contributed by atoms with Crippen molar-refractivity contribution >= 4 is 23.8 Å². The minimum Gasteiger partial charge on any atom is -0.446 e. The van der Waals surface area contributed by atoms with Crippen molar-refractivity contribution in [2.45, 2.75) is 57.7 Å². The van der Waals surface area contributed by atoms with Crippen molar-refractivity contribution in [3.05, 3.63) is 59.7 Å². The Bertz CT molecular complexity index is 1120. The van der Waals surface area contributed by atoms with Crippen molar-refractivity contribution in [2.24, 2.45) is 28.6 Å². The lowest BCUT2D eigenvalue weighted by atomic mass is 9.46. The van der Waals surface area contributed by atoms with Crippen LogP contribution >= 0.6 is 0 Å². The second-order valence-electron chi connectivity index (χ2n) is 10.8. The van der Waals surface area contributed by atoms with Crippen LogP contribution in [0.2, 0.25) is 0 Å². The van der Waals surface area contributed by atoms with E-state index in [0.717, 1.165) is 18.4 Å². The Kier molecular flexibility index (Phi) is 5.28. The Hall–Kier alpha value is -2.86. The van der Waals surface area contributed by atoms with Gasteiger partial charge in [0.2, 0.25) is 5.78 Å². The van der Waals surface area contributed by atoms with E-state index in [1.807, 2.05) is 13.0 Å². The van der Waals surface area contributed by atoms with Crippen LogP contribution in [0.3, 0.4) is 0 Å². The Labute approximate surface area is 199 Å². The molecule has 1 aromatic carbocycles. The molecule has 1 aromatic rings. The molecule has 34 heavy (non-hydrogen) atoms. The molecule has 6 heteroatoms. The van der Waals surface area contributed by atoms with Gasteiger partial charge in [-0.25, -0.2) is 4.79 Å². The number of ether oxygens (including phenoxy) is 1. The molecule has 3 fully saturated rings. The van der Waals surface area contributed by atoms with Gasteiger partial charge in [-0.1, -0.05) is 43.7 Å². The van der Waals surface area contributed by atoms with Gasteiger partial charge < -0.3 is 9.84 Å². The number of carbonyl (C=O) groups excluding carboxylic acids is 4. The van der Waals surface area contributed by atoms with E-state index in [1.54, 1.807) is 42.5 Å². The number of fused-ring (bicyclic) bond motifs is 5. The molecule has 7 atom stereocenters. The number of esters is 1. The van der Waals surface area contributed by atoms with Crippen LogP contribution in [0.5, 0.6) is 0 Å². The maximum atomic E-state index is 13.2. The van der Waals surface area contributed by atoms with Crippen LogP contribution in [0.4, 0.5) is 0 Å². The van der Waals surface area contributed by atoms with Crippen molar-refractivity contribution < 1.29 is 29.0 Å². The maximum Gasteiger partial charge on any atom is 0.339 e. The van der Waals surface area contributed by atoms with Crippen LogP contribution in [-0.2, 0) is 19.1 Å². The number of benzene rings is 1. The molecule has 0 aromatic heterocycles. The highest BCUT2D eigenvalue weighted by Crippen LogP contribution is 2.67. The highest BCUT2D eigenvalue weighted by atomic mass is 16.6. The van der Waals surface area contributed by atoms with E-state index in [4.69, 9.17) is 4.74 Å². The molecule has 0 saturated heterocycles. The maximum absolute atomic E-state index is 13.2. The predicted octanol–water partition coefficient (Wildman–Crippen LogP) is 3.63. The van der Waals surface area contributed by atoms with Crippen LogP contribution in [0.25, 0.3) is 0 Å². The molecule has 0 aliphatic heterocycles. The van der Waals surface area contributed by atoms with Crippen molar-refractivity contribution in [1.29, 1.82) is 0 Å². The molecule has 4 aliphatic rings. The van der Waals surface area contributed by atoms with Crippen LogP contribution in [-0.4, -0.2) is 40.6 Å². The number of aldehydes is 1. The largest absolute Gasteiger partial charge is 0.446 e. The van der Waals surface area contributed by atoms with Crippen molar-refractivity contribution in [3.8, 4) is 0 Å². The summed E-state index contributed by atoms with van der Waals surface area (Å²) in [4.78, 5) is 50.1. The van der Waals surface area contributed by atoms with Gasteiger partial charge >= 0.3 is 5.97 Å². The second kappa shape index (κ2) is 7.84. The number of aliphatic hydroxyl groups is 1. The minimum atomic E-state index is -1.60. The normalized spacial score (nSPS) is 40.4. The number of Topliss-reactive ketones (excluding diaryl/α,β-unsaturated/α-hetero) is 1. The number of allylic oxidation sites excluding steroid dienone is 4. The third-order valence-corrected chi connectivity index (χ3v) is 9.40. The summed E-state index contributed by atoms with van der Waals surface area (Å²) in [6, 6.07) is 8.46. The first kappa shape index (κ1) is 22.9. The zero-order chi connectivity index (χ0) is 24.3. The molecule has 0 amide bonds. The fourth-order valence-corrected chi connectivity index (χ4v) is 7.82. The molecule has 0 radical (unpaired) electrons. The summed E-state index contributed by atoms with van der Waals surface area (Å²) in [7, 11) is 0. The zero-order valence-electron chi connectivity index (χ0n) is 19.5. The first-order chi connectivity index (χ1) is 16.2. The summed E-state index contributed by atoms with van der Waals surface area (Å²) in [5.41, 5.74) is -1.54. The standard InChI is InChI=1S/C28H30O6/c1-26-12-10-19(30)14-18(26)8-9-20-21-11-13-28(23(32)16-29,27(21,2)15-22(31)24(20)26)34-25(33)17-6-4-3-5-7-17/h3-7,10,12,14,16,20-22,24,31H,8-9,11,13,15H2,1-2H3/t20-,21-,22?,24+,26-,27-,28-/m0/s1. The number of carbonyl (C=O) groups is 4. The summed E-state index contributed by atoms with van der Waals surface area (Å²) in [6.07, 6.45) is 7.36. The lowest BCUT2D eigenvalue weighted by Crippen LogP contribution is -2.62. The fraction of sp³-hybridized carbons (Fsp3) is 0.500. The molecule has 0 bridgehead atoms. The highest BCUT2D eigenvalue weighted by molar-refractivity contribution is 6.29. The lowest BCUT2D eigenvalue weighted by Gasteiger charge is -2.59. The number of hydrogen-bond acceptors (Lipinski definition) is 6. The van der Waals surface area contributed by atoms with Crippen molar-refractivity contribution in [1.82, 2.24) is 0 Å². The van der Waals surface area contributed by atoms with E-state index < -0.39 is 34.3 Å². The van der Waals surface area contributed by atoms with E-state index in [9.17, 15) is 24.3 Å². The lowest BCUT2D eigenvalue weighted by molar-refractivity contribution is -0.177. The van der Waals surface area contributed by atoms with Gasteiger partial charge in [-0.15, -0.1) is 0 Å². The van der Waals surface area contributed by atoms with Gasteiger partial charge in [0.15, 0.2) is 17.7 Å². The molecule has 4 aliphatic carbocycles. The van der Waals surface area contributed by atoms with Crippen LogP contribution in [0, 0.1) is 28.6 Å². The van der Waals surface area contributed by atoms with Gasteiger partial charge in [-0.05, 0) is 68.2 Å². The van der Waals surface area contributed by atoms with Gasteiger partial charge in [0, 0.05) is 16.7 Å². The summed E-state index contributed by atoms with van der Waals surface area (Å²) in [5, 5.41) is 11.5. The van der Waals surface area contributed by atoms with E-state index in [2.05, 4.69) is 6.92 Å². The van der Waals surface area contributed by atoms with Crippen LogP contribution in [0.1, 0.15) is 56.3 Å². The fourth-order valence-electron chi connectivity index (χ4n) is 7.82. The molecule has 1 unspecified atom stereocenters. The average molecular weight is 463 g/mol. The van der Waals surface area contributed by atoms with Gasteiger partial charge in [0.05, 0.1) is 11.7 Å². The summed E-state index contributed by atoms with van der Waals surface area (Å²) in [6.45, 7) is 3.98. The smallest absolute Gasteiger partial charge is 0.339 e. The van der Waals surface area contributed by atoms with E-state index in [1.165, 1.54) is 0 Å². The van der Waals surface area contributed by atoms with Crippen molar-refractivity contribution in [3.63, 3.8) is 0 Å². The monoisotopic (exact) mass is 462 g/mol. The average Bonchev–Trinajstić information content (AvgIpc) is 3.11. The first-order valence-corrected chi connectivity index (χ1v) is 12.1. The minimum absolute atomic E-state index is 0.00206. The third-order valence-electron chi connectivity index (χ3n) is 9.40. The first-order valence-electron chi connectivity index (χ1n) is 12.1. The van der Waals surface area contributed by atoms with E-state index in [0.29, 0.717) is 12.0 Å². The summed E-state index contributed by atoms with van der Waals surface area (Å²) < 4.78 is 5.98. The predicted molar refractivity (Wildman–Crippen MR) is 124 cm³/mol.